The maximum Gasteiger partial charge on any atom is 0.323 e. The number of fused-ring (bicyclic) bond motifs is 1. The molecule has 0 spiro atoms. The second-order valence-corrected chi connectivity index (χ2v) is 7.70. The number of benzene rings is 1. The Kier molecular flexibility index (Phi) is 5.95. The van der Waals surface area contributed by atoms with Gasteiger partial charge in [-0.05, 0) is 48.9 Å². The van der Waals surface area contributed by atoms with Crippen molar-refractivity contribution in [2.24, 2.45) is 0 Å². The van der Waals surface area contributed by atoms with Crippen LogP contribution >= 0.6 is 0 Å². The lowest BCUT2D eigenvalue weighted by Gasteiger charge is -2.17. The monoisotopic (exact) mass is 354 g/mol. The van der Waals surface area contributed by atoms with Crippen LogP contribution < -0.4 is 4.72 Å². The van der Waals surface area contributed by atoms with E-state index >= 15 is 0 Å². The second-order valence-electron chi connectivity index (χ2n) is 5.93. The molecule has 0 saturated heterocycles. The fraction of sp³-hybridized carbons (Fsp3) is 0.500. The summed E-state index contributed by atoms with van der Waals surface area (Å²) in [5.41, 5.74) is 2.27. The summed E-state index contributed by atoms with van der Waals surface area (Å²) in [5.74, 6) is -1.54. The molecule has 1 aromatic carbocycles. The number of hydrogen-bond donors (Lipinski definition) is 2. The first kappa shape index (κ1) is 18.4. The minimum Gasteiger partial charge on any atom is -0.480 e. The molecule has 2 N–H and O–H groups in total. The maximum atomic E-state index is 12.3. The van der Waals surface area contributed by atoms with Gasteiger partial charge in [-0.15, -0.1) is 0 Å². The average molecular weight is 354 g/mol. The van der Waals surface area contributed by atoms with Gasteiger partial charge in [-0.3, -0.25) is 9.59 Å². The van der Waals surface area contributed by atoms with E-state index in [1.807, 2.05) is 6.07 Å². The van der Waals surface area contributed by atoms with Crippen molar-refractivity contribution in [2.45, 2.75) is 37.0 Å². The van der Waals surface area contributed by atoms with E-state index < -0.39 is 28.4 Å². The zero-order valence-electron chi connectivity index (χ0n) is 13.6. The van der Waals surface area contributed by atoms with E-state index in [1.165, 1.54) is 12.6 Å². The third-order valence-corrected chi connectivity index (χ3v) is 5.52. The van der Waals surface area contributed by atoms with Crippen LogP contribution in [0.3, 0.4) is 0 Å². The molecule has 1 amide bonds. The normalized spacial score (nSPS) is 14.0. The van der Waals surface area contributed by atoms with Crippen molar-refractivity contribution < 1.29 is 23.1 Å². The highest BCUT2D eigenvalue weighted by Crippen LogP contribution is 2.23. The van der Waals surface area contributed by atoms with Crippen molar-refractivity contribution in [1.29, 1.82) is 0 Å². The molecule has 1 aliphatic carbocycles. The summed E-state index contributed by atoms with van der Waals surface area (Å²) in [7, 11) is -2.31. The number of nitrogens with one attached hydrogen (secondary N) is 1. The number of rotatable bonds is 7. The van der Waals surface area contributed by atoms with Crippen molar-refractivity contribution >= 4 is 21.9 Å². The highest BCUT2D eigenvalue weighted by molar-refractivity contribution is 7.89. The minimum absolute atomic E-state index is 0.0673. The molecule has 0 aliphatic heterocycles. The van der Waals surface area contributed by atoms with Gasteiger partial charge >= 0.3 is 5.97 Å². The molecule has 1 aliphatic rings. The first-order valence-electron chi connectivity index (χ1n) is 7.87. The van der Waals surface area contributed by atoms with Crippen molar-refractivity contribution in [2.75, 3.05) is 20.1 Å². The molecular weight excluding hydrogens is 332 g/mol. The first-order chi connectivity index (χ1) is 11.3. The zero-order chi connectivity index (χ0) is 17.7. The number of aryl methyl sites for hydroxylation is 2. The van der Waals surface area contributed by atoms with Crippen molar-refractivity contribution in [1.82, 2.24) is 9.62 Å². The van der Waals surface area contributed by atoms with Gasteiger partial charge in [-0.2, -0.15) is 0 Å². The van der Waals surface area contributed by atoms with Crippen LogP contribution in [0.4, 0.5) is 0 Å². The van der Waals surface area contributed by atoms with Crippen LogP contribution in [0.15, 0.2) is 23.1 Å². The molecule has 0 saturated carbocycles. The molecule has 7 nitrogen and oxygen atoms in total. The lowest BCUT2D eigenvalue weighted by Crippen LogP contribution is -2.35. The van der Waals surface area contributed by atoms with Crippen LogP contribution in [0.5, 0.6) is 0 Å². The van der Waals surface area contributed by atoms with Crippen LogP contribution in [-0.4, -0.2) is 50.4 Å². The number of carbonyl (C=O) groups is 2. The highest BCUT2D eigenvalue weighted by atomic mass is 32.2. The number of sulfonamides is 1. The van der Waals surface area contributed by atoms with Gasteiger partial charge in [0.1, 0.15) is 6.54 Å². The Hall–Kier alpha value is -1.93. The molecule has 0 radical (unpaired) electrons. The van der Waals surface area contributed by atoms with Gasteiger partial charge in [0.05, 0.1) is 4.90 Å². The molecule has 0 unspecified atom stereocenters. The fourth-order valence-electron chi connectivity index (χ4n) is 2.73. The maximum absolute atomic E-state index is 12.3. The number of amides is 1. The number of likely N-dealkylation sites (N-methyl/N-ethyl adjacent to an activating group) is 1. The molecule has 24 heavy (non-hydrogen) atoms. The molecule has 2 rings (SSSR count). The first-order valence-corrected chi connectivity index (χ1v) is 9.35. The Bertz CT molecular complexity index is 730. The quantitative estimate of drug-likeness (QED) is 0.753. The number of nitrogens with zero attached hydrogens (tertiary/aromatic N) is 1. The molecule has 0 fully saturated rings. The lowest BCUT2D eigenvalue weighted by atomic mass is 9.92. The fourth-order valence-corrected chi connectivity index (χ4v) is 3.82. The van der Waals surface area contributed by atoms with Crippen molar-refractivity contribution in [3.05, 3.63) is 29.3 Å². The van der Waals surface area contributed by atoms with Gasteiger partial charge in [0, 0.05) is 20.0 Å². The molecule has 1 aromatic rings. The molecule has 0 aromatic heterocycles. The van der Waals surface area contributed by atoms with E-state index in [0.717, 1.165) is 36.1 Å². The van der Waals surface area contributed by atoms with Gasteiger partial charge in [0.25, 0.3) is 0 Å². The summed E-state index contributed by atoms with van der Waals surface area (Å²) in [6, 6.07) is 5.15. The number of aliphatic carboxylic acids is 1. The molecule has 0 bridgehead atoms. The summed E-state index contributed by atoms with van der Waals surface area (Å²) in [5, 5.41) is 8.63. The van der Waals surface area contributed by atoms with E-state index in [-0.39, 0.29) is 17.9 Å². The van der Waals surface area contributed by atoms with Gasteiger partial charge < -0.3 is 10.0 Å². The Morgan fingerprint density at radius 3 is 2.54 bits per heavy atom. The van der Waals surface area contributed by atoms with Crippen LogP contribution in [0.1, 0.15) is 30.4 Å². The zero-order valence-corrected chi connectivity index (χ0v) is 14.4. The Labute approximate surface area is 141 Å². The average Bonchev–Trinajstić information content (AvgIpc) is 2.53. The van der Waals surface area contributed by atoms with Gasteiger partial charge in [-0.1, -0.05) is 6.07 Å². The van der Waals surface area contributed by atoms with E-state index in [2.05, 4.69) is 4.72 Å². The summed E-state index contributed by atoms with van der Waals surface area (Å²) in [6.07, 6.45) is 3.97. The van der Waals surface area contributed by atoms with Crippen LogP contribution in [-0.2, 0) is 32.5 Å². The van der Waals surface area contributed by atoms with E-state index in [4.69, 9.17) is 5.11 Å². The Morgan fingerprint density at radius 1 is 1.21 bits per heavy atom. The van der Waals surface area contributed by atoms with Crippen LogP contribution in [0.25, 0.3) is 0 Å². The SMILES string of the molecule is CN(CC(=O)O)C(=O)CCNS(=O)(=O)c1ccc2c(c1)CCCC2. The molecule has 0 heterocycles. The molecular formula is C16H22N2O5S. The predicted octanol–water partition coefficient (Wildman–Crippen LogP) is 0.777. The Balaban J connectivity index is 1.94. The summed E-state index contributed by atoms with van der Waals surface area (Å²) >= 11 is 0. The summed E-state index contributed by atoms with van der Waals surface area (Å²) in [6.45, 7) is -0.474. The van der Waals surface area contributed by atoms with Crippen molar-refractivity contribution in [3.8, 4) is 0 Å². The number of carboxylic acids is 1. The number of hydrogen-bond acceptors (Lipinski definition) is 4. The van der Waals surface area contributed by atoms with Gasteiger partial charge in [0.15, 0.2) is 0 Å². The standard InChI is InChI=1S/C16H22N2O5S/c1-18(11-16(20)21)15(19)8-9-17-24(22,23)14-7-6-12-4-2-3-5-13(12)10-14/h6-7,10,17H,2-5,8-9,11H2,1H3,(H,20,21). The summed E-state index contributed by atoms with van der Waals surface area (Å²) < 4.78 is 27.0. The van der Waals surface area contributed by atoms with Crippen LogP contribution in [0, 0.1) is 0 Å². The number of carboxylic acid groups (broad SMARTS) is 1. The van der Waals surface area contributed by atoms with Gasteiger partial charge in [-0.25, -0.2) is 13.1 Å². The molecule has 8 heteroatoms. The van der Waals surface area contributed by atoms with Gasteiger partial charge in [0.2, 0.25) is 15.9 Å². The molecule has 0 atom stereocenters. The third-order valence-electron chi connectivity index (χ3n) is 4.06. The number of carbonyl (C=O) groups excluding carboxylic acids is 1. The predicted molar refractivity (Wildman–Crippen MR) is 88.2 cm³/mol. The topological polar surface area (TPSA) is 104 Å². The largest absolute Gasteiger partial charge is 0.480 e. The summed E-state index contributed by atoms with van der Waals surface area (Å²) in [4.78, 5) is 23.5. The van der Waals surface area contributed by atoms with Crippen LogP contribution in [0.2, 0.25) is 0 Å². The van der Waals surface area contributed by atoms with E-state index in [0.29, 0.717) is 0 Å². The Morgan fingerprint density at radius 2 is 1.88 bits per heavy atom. The molecule has 132 valence electrons. The van der Waals surface area contributed by atoms with E-state index in [9.17, 15) is 18.0 Å². The highest BCUT2D eigenvalue weighted by Gasteiger charge is 2.18. The van der Waals surface area contributed by atoms with Crippen molar-refractivity contribution in [3.63, 3.8) is 0 Å². The minimum atomic E-state index is -3.68. The third kappa shape index (κ3) is 4.78. The lowest BCUT2D eigenvalue weighted by molar-refractivity contribution is -0.143. The second kappa shape index (κ2) is 7.76. The van der Waals surface area contributed by atoms with E-state index in [1.54, 1.807) is 12.1 Å². The smallest absolute Gasteiger partial charge is 0.323 e.